The fourth-order valence-electron chi connectivity index (χ4n) is 4.26. The van der Waals surface area contributed by atoms with E-state index in [2.05, 4.69) is 20.4 Å². The lowest BCUT2D eigenvalue weighted by Gasteiger charge is -2.45. The van der Waals surface area contributed by atoms with Crippen molar-refractivity contribution < 1.29 is 4.79 Å². The van der Waals surface area contributed by atoms with Gasteiger partial charge in [-0.1, -0.05) is 6.42 Å². The van der Waals surface area contributed by atoms with Gasteiger partial charge in [0.15, 0.2) is 5.82 Å². The molecule has 0 radical (unpaired) electrons. The Morgan fingerprint density at radius 3 is 2.79 bits per heavy atom. The van der Waals surface area contributed by atoms with Crippen molar-refractivity contribution in [3.8, 4) is 0 Å². The summed E-state index contributed by atoms with van der Waals surface area (Å²) in [6, 6.07) is 2.36. The lowest BCUT2D eigenvalue weighted by atomic mass is 9.67. The molecule has 7 nitrogen and oxygen atoms in total. The summed E-state index contributed by atoms with van der Waals surface area (Å²) < 4.78 is 1.59. The van der Waals surface area contributed by atoms with Gasteiger partial charge in [-0.2, -0.15) is 4.98 Å². The van der Waals surface area contributed by atoms with Crippen LogP contribution in [0.4, 0.5) is 0 Å². The van der Waals surface area contributed by atoms with E-state index in [1.54, 1.807) is 23.0 Å². The van der Waals surface area contributed by atoms with Crippen LogP contribution in [-0.4, -0.2) is 37.6 Å². The van der Waals surface area contributed by atoms with Gasteiger partial charge in [-0.15, -0.1) is 17.5 Å². The Balaban J connectivity index is 0.00000169. The van der Waals surface area contributed by atoms with Crippen molar-refractivity contribution in [3.63, 3.8) is 0 Å². The van der Waals surface area contributed by atoms with E-state index in [1.807, 2.05) is 0 Å². The number of rotatable bonds is 3. The number of carbonyl (C=O) groups is 1. The van der Waals surface area contributed by atoms with Crippen LogP contribution < -0.4 is 11.1 Å². The molecule has 2 saturated carbocycles. The summed E-state index contributed by atoms with van der Waals surface area (Å²) in [5, 5.41) is 7.52. The molecule has 2 heterocycles. The van der Waals surface area contributed by atoms with Crippen molar-refractivity contribution in [1.29, 1.82) is 0 Å². The third-order valence-electron chi connectivity index (χ3n) is 5.18. The van der Waals surface area contributed by atoms with E-state index in [-0.39, 0.29) is 30.8 Å². The summed E-state index contributed by atoms with van der Waals surface area (Å²) in [6.07, 6.45) is 9.30. The molecule has 2 unspecified atom stereocenters. The minimum atomic E-state index is -0.00159. The van der Waals surface area contributed by atoms with E-state index in [4.69, 9.17) is 5.73 Å². The number of nitrogens with zero attached hydrogens (tertiary/aromatic N) is 4. The van der Waals surface area contributed by atoms with E-state index in [1.165, 1.54) is 19.3 Å². The molecule has 0 saturated heterocycles. The van der Waals surface area contributed by atoms with Gasteiger partial charge in [0, 0.05) is 24.5 Å². The maximum Gasteiger partial charge on any atom is 0.252 e. The monoisotopic (exact) mass is 350 g/mol. The summed E-state index contributed by atoms with van der Waals surface area (Å²) in [7, 11) is 0. The third kappa shape index (κ3) is 3.37. The fraction of sp³-hybridized carbons (Fsp3) is 0.625. The van der Waals surface area contributed by atoms with Crippen LogP contribution >= 0.6 is 12.4 Å². The number of aromatic nitrogens is 4. The zero-order valence-electron chi connectivity index (χ0n) is 13.5. The van der Waals surface area contributed by atoms with E-state index in [0.717, 1.165) is 12.8 Å². The minimum absolute atomic E-state index is 0. The molecule has 2 aliphatic carbocycles. The maximum atomic E-state index is 12.4. The second-order valence-corrected chi connectivity index (χ2v) is 6.84. The van der Waals surface area contributed by atoms with Gasteiger partial charge in [0.25, 0.3) is 5.78 Å². The molecule has 8 heteroatoms. The smallest absolute Gasteiger partial charge is 0.252 e. The molecule has 0 spiro atoms. The molecular weight excluding hydrogens is 328 g/mol. The van der Waals surface area contributed by atoms with Crippen molar-refractivity contribution in [2.24, 2.45) is 17.6 Å². The van der Waals surface area contributed by atoms with Gasteiger partial charge in [-0.25, -0.2) is 9.50 Å². The zero-order valence-corrected chi connectivity index (χ0v) is 14.3. The molecule has 0 aromatic carbocycles. The Morgan fingerprint density at radius 1 is 1.33 bits per heavy atom. The van der Waals surface area contributed by atoms with Crippen LogP contribution in [0.15, 0.2) is 18.5 Å². The minimum Gasteiger partial charge on any atom is -0.352 e. The van der Waals surface area contributed by atoms with Crippen LogP contribution in [0.25, 0.3) is 5.78 Å². The van der Waals surface area contributed by atoms with Gasteiger partial charge in [0.1, 0.15) is 0 Å². The topological polar surface area (TPSA) is 98.2 Å². The van der Waals surface area contributed by atoms with Crippen molar-refractivity contribution in [2.45, 2.75) is 50.6 Å². The first-order valence-corrected chi connectivity index (χ1v) is 8.40. The highest BCUT2D eigenvalue weighted by molar-refractivity contribution is 5.85. The highest BCUT2D eigenvalue weighted by Crippen LogP contribution is 2.39. The first-order valence-electron chi connectivity index (χ1n) is 8.40. The highest BCUT2D eigenvalue weighted by atomic mass is 35.5. The van der Waals surface area contributed by atoms with Crippen LogP contribution in [0.3, 0.4) is 0 Å². The number of amides is 1. The van der Waals surface area contributed by atoms with Crippen LogP contribution in [0, 0.1) is 11.8 Å². The number of hydrogen-bond donors (Lipinski definition) is 2. The van der Waals surface area contributed by atoms with E-state index < -0.39 is 0 Å². The molecule has 2 bridgehead atoms. The van der Waals surface area contributed by atoms with Crippen LogP contribution in [-0.2, 0) is 11.2 Å². The number of fused-ring (bicyclic) bond motifs is 3. The molecule has 2 aliphatic rings. The molecule has 2 aromatic heterocycles. The van der Waals surface area contributed by atoms with Gasteiger partial charge in [-0.05, 0) is 43.6 Å². The average molecular weight is 351 g/mol. The lowest BCUT2D eigenvalue weighted by molar-refractivity contribution is -0.122. The number of carbonyl (C=O) groups excluding carboxylic acids is 1. The van der Waals surface area contributed by atoms with Crippen molar-refractivity contribution in [2.75, 3.05) is 0 Å². The summed E-state index contributed by atoms with van der Waals surface area (Å²) in [6.45, 7) is 0. The predicted octanol–water partition coefficient (Wildman–Crippen LogP) is 1.11. The summed E-state index contributed by atoms with van der Waals surface area (Å²) in [5.74, 6) is 2.09. The van der Waals surface area contributed by atoms with Crippen LogP contribution in [0.1, 0.15) is 37.9 Å². The SMILES string of the molecule is Cl.NC1CC2CCCC(C1)C2NC(=O)Cc1nc2ncccn2n1. The second kappa shape index (κ2) is 7.03. The standard InChI is InChI=1S/C16H22N6O.ClH/c17-12-7-10-3-1-4-11(8-12)15(10)20-14(23)9-13-19-16-18-5-2-6-22(16)21-13;/h2,5-6,10-12,15H,1,3-4,7-9,17H2,(H,20,23);1H. The molecule has 1 amide bonds. The first kappa shape index (κ1) is 17.1. The van der Waals surface area contributed by atoms with Crippen molar-refractivity contribution >= 4 is 24.1 Å². The molecular formula is C16H23ClN6O. The van der Waals surface area contributed by atoms with Crippen LogP contribution in [0.2, 0.25) is 0 Å². The quantitative estimate of drug-likeness (QED) is 0.864. The molecule has 130 valence electrons. The summed E-state index contributed by atoms with van der Waals surface area (Å²) in [4.78, 5) is 20.8. The largest absolute Gasteiger partial charge is 0.352 e. The summed E-state index contributed by atoms with van der Waals surface area (Å²) in [5.41, 5.74) is 6.14. The second-order valence-electron chi connectivity index (χ2n) is 6.84. The van der Waals surface area contributed by atoms with E-state index in [0.29, 0.717) is 29.5 Å². The normalized spacial score (nSPS) is 29.0. The van der Waals surface area contributed by atoms with Gasteiger partial charge in [-0.3, -0.25) is 4.79 Å². The van der Waals surface area contributed by atoms with Gasteiger partial charge >= 0.3 is 0 Å². The Bertz CT molecular complexity index is 672. The summed E-state index contributed by atoms with van der Waals surface area (Å²) >= 11 is 0. The Labute approximate surface area is 146 Å². The molecule has 2 fully saturated rings. The first-order chi connectivity index (χ1) is 11.2. The molecule has 2 atom stereocenters. The number of nitrogens with one attached hydrogen (secondary N) is 1. The highest BCUT2D eigenvalue weighted by Gasteiger charge is 2.39. The molecule has 4 rings (SSSR count). The van der Waals surface area contributed by atoms with Crippen molar-refractivity contribution in [3.05, 3.63) is 24.3 Å². The Morgan fingerprint density at radius 2 is 2.08 bits per heavy atom. The maximum absolute atomic E-state index is 12.4. The third-order valence-corrected chi connectivity index (χ3v) is 5.18. The number of halogens is 1. The fourth-order valence-corrected chi connectivity index (χ4v) is 4.26. The Hall–Kier alpha value is -1.73. The Kier molecular flexibility index (Phi) is 5.01. The number of nitrogens with two attached hydrogens (primary N) is 1. The predicted molar refractivity (Wildman–Crippen MR) is 91.7 cm³/mol. The zero-order chi connectivity index (χ0) is 15.8. The van der Waals surface area contributed by atoms with Gasteiger partial charge < -0.3 is 11.1 Å². The molecule has 24 heavy (non-hydrogen) atoms. The van der Waals surface area contributed by atoms with E-state index >= 15 is 0 Å². The molecule has 3 N–H and O–H groups in total. The lowest BCUT2D eigenvalue weighted by Crippen LogP contribution is -2.54. The van der Waals surface area contributed by atoms with Gasteiger partial charge in [0.05, 0.1) is 6.42 Å². The van der Waals surface area contributed by atoms with Crippen LogP contribution in [0.5, 0.6) is 0 Å². The molecule has 2 aromatic rings. The molecule has 0 aliphatic heterocycles. The van der Waals surface area contributed by atoms with Gasteiger partial charge in [0.2, 0.25) is 5.91 Å². The van der Waals surface area contributed by atoms with Crippen molar-refractivity contribution in [1.82, 2.24) is 24.9 Å². The van der Waals surface area contributed by atoms with E-state index in [9.17, 15) is 4.79 Å². The number of hydrogen-bond acceptors (Lipinski definition) is 5. The average Bonchev–Trinajstić information content (AvgIpc) is 2.90.